The number of hydrogen-bond acceptors (Lipinski definition) is 2. The molecule has 0 radical (unpaired) electrons. The van der Waals surface area contributed by atoms with Crippen LogP contribution in [-0.2, 0) is 5.92 Å². The van der Waals surface area contributed by atoms with E-state index in [-0.39, 0.29) is 11.5 Å². The Labute approximate surface area is 107 Å². The second kappa shape index (κ2) is 4.84. The first-order chi connectivity index (χ1) is 8.11. The third kappa shape index (κ3) is 2.64. The van der Waals surface area contributed by atoms with E-state index < -0.39 is 11.5 Å². The molecule has 2 N–H and O–H groups in total. The number of ether oxygens (including phenoxy) is 1. The van der Waals surface area contributed by atoms with Crippen molar-refractivity contribution >= 4 is 0 Å². The number of alkyl halides is 2. The van der Waals surface area contributed by atoms with Crippen molar-refractivity contribution in [3.8, 4) is 5.75 Å². The molecule has 1 aromatic carbocycles. The maximum Gasteiger partial charge on any atom is 0.290 e. The van der Waals surface area contributed by atoms with Crippen LogP contribution in [0.4, 0.5) is 8.78 Å². The van der Waals surface area contributed by atoms with Crippen LogP contribution in [0, 0.1) is 0 Å². The van der Waals surface area contributed by atoms with Crippen LogP contribution in [0.5, 0.6) is 5.75 Å². The van der Waals surface area contributed by atoms with Gasteiger partial charge in [-0.25, -0.2) is 0 Å². The molecule has 2 nitrogen and oxygen atoms in total. The summed E-state index contributed by atoms with van der Waals surface area (Å²) in [5.74, 6) is -2.35. The lowest BCUT2D eigenvalue weighted by molar-refractivity contribution is -0.0673. The summed E-state index contributed by atoms with van der Waals surface area (Å²) in [6.45, 7) is 6.53. The minimum absolute atomic E-state index is 0.0699. The van der Waals surface area contributed by atoms with Gasteiger partial charge in [-0.2, -0.15) is 8.78 Å². The van der Waals surface area contributed by atoms with Gasteiger partial charge in [0.15, 0.2) is 0 Å². The van der Waals surface area contributed by atoms with Gasteiger partial charge in [0.1, 0.15) is 5.75 Å². The van der Waals surface area contributed by atoms with Crippen molar-refractivity contribution < 1.29 is 13.5 Å². The van der Waals surface area contributed by atoms with Crippen LogP contribution in [0.15, 0.2) is 18.2 Å². The lowest BCUT2D eigenvalue weighted by Crippen LogP contribution is -2.48. The van der Waals surface area contributed by atoms with Crippen LogP contribution in [0.2, 0.25) is 0 Å². The zero-order valence-corrected chi connectivity index (χ0v) is 11.6. The molecule has 0 unspecified atom stereocenters. The monoisotopic (exact) mass is 257 g/mol. The van der Waals surface area contributed by atoms with Gasteiger partial charge in [-0.05, 0) is 43.5 Å². The van der Waals surface area contributed by atoms with E-state index in [4.69, 9.17) is 10.5 Å². The maximum absolute atomic E-state index is 14.2. The Morgan fingerprint density at radius 3 is 2.17 bits per heavy atom. The summed E-state index contributed by atoms with van der Waals surface area (Å²) in [6.07, 6.45) is 0. The van der Waals surface area contributed by atoms with Gasteiger partial charge < -0.3 is 10.5 Å². The highest BCUT2D eigenvalue weighted by molar-refractivity contribution is 5.41. The maximum atomic E-state index is 14.2. The number of rotatable bonds is 4. The molecule has 0 heterocycles. The van der Waals surface area contributed by atoms with Crippen molar-refractivity contribution in [2.24, 2.45) is 5.73 Å². The molecule has 102 valence electrons. The summed E-state index contributed by atoms with van der Waals surface area (Å²) in [7, 11) is 1.53. The SMILES string of the molecule is COc1ccc(C(F)(F)C(C)(C)N)cc1C(C)C. The normalized spacial score (nSPS) is 12.9. The van der Waals surface area contributed by atoms with Crippen molar-refractivity contribution in [1.29, 1.82) is 0 Å². The molecule has 0 saturated heterocycles. The van der Waals surface area contributed by atoms with Crippen LogP contribution in [0.3, 0.4) is 0 Å². The fourth-order valence-electron chi connectivity index (χ4n) is 1.75. The smallest absolute Gasteiger partial charge is 0.290 e. The van der Waals surface area contributed by atoms with E-state index in [1.54, 1.807) is 6.07 Å². The predicted molar refractivity (Wildman–Crippen MR) is 69.2 cm³/mol. The van der Waals surface area contributed by atoms with Gasteiger partial charge in [0, 0.05) is 5.56 Å². The molecule has 0 aromatic heterocycles. The Morgan fingerprint density at radius 1 is 1.22 bits per heavy atom. The molecule has 0 aliphatic heterocycles. The second-order valence-corrected chi connectivity index (χ2v) is 5.41. The zero-order chi connectivity index (χ0) is 14.1. The van der Waals surface area contributed by atoms with E-state index in [2.05, 4.69) is 0 Å². The molecule has 0 atom stereocenters. The Hall–Kier alpha value is -1.16. The standard InChI is InChI=1S/C14H21F2NO/c1-9(2)11-8-10(6-7-12(11)18-5)14(15,16)13(3,4)17/h6-9H,17H2,1-5H3. The van der Waals surface area contributed by atoms with Crippen LogP contribution < -0.4 is 10.5 Å². The molecule has 1 aromatic rings. The summed E-state index contributed by atoms with van der Waals surface area (Å²) >= 11 is 0. The first kappa shape index (κ1) is 14.9. The lowest BCUT2D eigenvalue weighted by atomic mass is 9.88. The van der Waals surface area contributed by atoms with Gasteiger partial charge in [-0.15, -0.1) is 0 Å². The Morgan fingerprint density at radius 2 is 1.78 bits per heavy atom. The quantitative estimate of drug-likeness (QED) is 0.893. The van der Waals surface area contributed by atoms with E-state index in [1.165, 1.54) is 33.1 Å². The van der Waals surface area contributed by atoms with Gasteiger partial charge in [0.05, 0.1) is 12.6 Å². The average molecular weight is 257 g/mol. The zero-order valence-electron chi connectivity index (χ0n) is 11.6. The molecular weight excluding hydrogens is 236 g/mol. The van der Waals surface area contributed by atoms with E-state index in [0.717, 1.165) is 5.56 Å². The van der Waals surface area contributed by atoms with Crippen molar-refractivity contribution in [3.63, 3.8) is 0 Å². The van der Waals surface area contributed by atoms with Crippen LogP contribution in [-0.4, -0.2) is 12.6 Å². The van der Waals surface area contributed by atoms with Crippen molar-refractivity contribution in [2.45, 2.75) is 45.1 Å². The van der Waals surface area contributed by atoms with Crippen molar-refractivity contribution in [3.05, 3.63) is 29.3 Å². The van der Waals surface area contributed by atoms with Crippen LogP contribution in [0.25, 0.3) is 0 Å². The molecule has 0 spiro atoms. The highest BCUT2D eigenvalue weighted by Crippen LogP contribution is 2.40. The van der Waals surface area contributed by atoms with Crippen molar-refractivity contribution in [1.82, 2.24) is 0 Å². The van der Waals surface area contributed by atoms with Gasteiger partial charge >= 0.3 is 0 Å². The molecule has 0 fully saturated rings. The van der Waals surface area contributed by atoms with Gasteiger partial charge in [-0.3, -0.25) is 0 Å². The Kier molecular flexibility index (Phi) is 4.01. The molecule has 4 heteroatoms. The van der Waals surface area contributed by atoms with E-state index >= 15 is 0 Å². The molecule has 0 aliphatic carbocycles. The number of methoxy groups -OCH3 is 1. The molecule has 0 bridgehead atoms. The first-order valence-electron chi connectivity index (χ1n) is 5.96. The summed E-state index contributed by atoms with van der Waals surface area (Å²) in [5.41, 5.74) is 4.65. The molecule has 0 amide bonds. The van der Waals surface area contributed by atoms with Gasteiger partial charge in [-0.1, -0.05) is 13.8 Å². The minimum Gasteiger partial charge on any atom is -0.496 e. The fourth-order valence-corrected chi connectivity index (χ4v) is 1.75. The number of halogens is 2. The highest BCUT2D eigenvalue weighted by Gasteiger charge is 2.45. The predicted octanol–water partition coefficient (Wildman–Crippen LogP) is 3.65. The van der Waals surface area contributed by atoms with Gasteiger partial charge in [0.2, 0.25) is 0 Å². The van der Waals surface area contributed by atoms with E-state index in [9.17, 15) is 8.78 Å². The van der Waals surface area contributed by atoms with Crippen molar-refractivity contribution in [2.75, 3.05) is 7.11 Å². The summed E-state index contributed by atoms with van der Waals surface area (Å²) in [4.78, 5) is 0. The number of hydrogen-bond donors (Lipinski definition) is 1. The molecule has 1 rings (SSSR count). The highest BCUT2D eigenvalue weighted by atomic mass is 19.3. The molecular formula is C14H21F2NO. The minimum atomic E-state index is -3.08. The topological polar surface area (TPSA) is 35.2 Å². The average Bonchev–Trinajstić information content (AvgIpc) is 2.26. The molecule has 18 heavy (non-hydrogen) atoms. The fraction of sp³-hybridized carbons (Fsp3) is 0.571. The first-order valence-corrected chi connectivity index (χ1v) is 5.96. The lowest BCUT2D eigenvalue weighted by Gasteiger charge is -2.31. The molecule has 0 aliphatic rings. The summed E-state index contributed by atoms with van der Waals surface area (Å²) in [5, 5.41) is 0. The largest absolute Gasteiger partial charge is 0.496 e. The van der Waals surface area contributed by atoms with Crippen LogP contribution >= 0.6 is 0 Å². The molecule has 0 saturated carbocycles. The summed E-state index contributed by atoms with van der Waals surface area (Å²) in [6, 6.07) is 4.43. The third-order valence-corrected chi connectivity index (χ3v) is 3.02. The van der Waals surface area contributed by atoms with E-state index in [1.807, 2.05) is 13.8 Å². The second-order valence-electron chi connectivity index (χ2n) is 5.41. The van der Waals surface area contributed by atoms with Crippen LogP contribution in [0.1, 0.15) is 44.7 Å². The Balaban J connectivity index is 3.33. The summed E-state index contributed by atoms with van der Waals surface area (Å²) < 4.78 is 33.5. The van der Waals surface area contributed by atoms with Gasteiger partial charge in [0.25, 0.3) is 5.92 Å². The number of nitrogens with two attached hydrogens (primary N) is 1. The Bertz CT molecular complexity index is 422. The number of benzene rings is 1. The van der Waals surface area contributed by atoms with E-state index in [0.29, 0.717) is 5.75 Å². The third-order valence-electron chi connectivity index (χ3n) is 3.02.